The summed E-state index contributed by atoms with van der Waals surface area (Å²) in [7, 11) is 0. The lowest BCUT2D eigenvalue weighted by Gasteiger charge is -2.16. The van der Waals surface area contributed by atoms with E-state index in [1.807, 2.05) is 0 Å². The quantitative estimate of drug-likeness (QED) is 0.796. The monoisotopic (exact) mass is 203 g/mol. The Kier molecular flexibility index (Phi) is 4.10. The second kappa shape index (κ2) is 5.13. The van der Waals surface area contributed by atoms with Crippen molar-refractivity contribution < 1.29 is 0 Å². The van der Waals surface area contributed by atoms with Crippen molar-refractivity contribution in [1.82, 2.24) is 0 Å². The minimum absolute atomic E-state index is 0.0579. The number of hydrogen-bond acceptors (Lipinski definition) is 1. The van der Waals surface area contributed by atoms with Crippen LogP contribution < -0.4 is 5.73 Å². The number of nitrogens with two attached hydrogens (primary N) is 1. The zero-order valence-corrected chi connectivity index (χ0v) is 9.96. The van der Waals surface area contributed by atoms with Gasteiger partial charge in [0.2, 0.25) is 0 Å². The number of benzene rings is 1. The van der Waals surface area contributed by atoms with Crippen molar-refractivity contribution in [2.75, 3.05) is 0 Å². The van der Waals surface area contributed by atoms with Gasteiger partial charge in [-0.25, -0.2) is 0 Å². The van der Waals surface area contributed by atoms with Crippen molar-refractivity contribution in [1.29, 1.82) is 0 Å². The average molecular weight is 203 g/mol. The smallest absolute Gasteiger partial charge is 0.01000 e. The molecule has 0 aromatic heterocycles. The Morgan fingerprint density at radius 3 is 2.33 bits per heavy atom. The fourth-order valence-electron chi connectivity index (χ4n) is 1.35. The molecule has 1 nitrogen and oxygen atoms in total. The number of rotatable bonds is 4. The lowest BCUT2D eigenvalue weighted by molar-refractivity contribution is 0.482. The van der Waals surface area contributed by atoms with Gasteiger partial charge < -0.3 is 5.73 Å². The van der Waals surface area contributed by atoms with Crippen molar-refractivity contribution in [3.05, 3.63) is 41.5 Å². The van der Waals surface area contributed by atoms with Crippen LogP contribution in [0.5, 0.6) is 0 Å². The van der Waals surface area contributed by atoms with Gasteiger partial charge in [0.25, 0.3) is 0 Å². The van der Waals surface area contributed by atoms with Crippen LogP contribution in [0, 0.1) is 6.92 Å². The molecule has 15 heavy (non-hydrogen) atoms. The molecular formula is C14H21N. The van der Waals surface area contributed by atoms with E-state index in [1.165, 1.54) is 11.1 Å². The minimum atomic E-state index is -0.0579. The summed E-state index contributed by atoms with van der Waals surface area (Å²) in [5.74, 6) is 0. The Balaban J connectivity index is 2.42. The Bertz CT molecular complexity index is 314. The summed E-state index contributed by atoms with van der Waals surface area (Å²) < 4.78 is 0. The van der Waals surface area contributed by atoms with Gasteiger partial charge >= 0.3 is 0 Å². The fraction of sp³-hybridized carbons (Fsp3) is 0.429. The van der Waals surface area contributed by atoms with Gasteiger partial charge in [0, 0.05) is 5.54 Å². The first-order chi connectivity index (χ1) is 6.97. The third-order valence-corrected chi connectivity index (χ3v) is 2.34. The highest BCUT2D eigenvalue weighted by molar-refractivity contribution is 5.49. The van der Waals surface area contributed by atoms with Crippen LogP contribution in [0.4, 0.5) is 0 Å². The molecule has 1 rings (SSSR count). The van der Waals surface area contributed by atoms with Crippen LogP contribution in [0.15, 0.2) is 30.3 Å². The summed E-state index contributed by atoms with van der Waals surface area (Å²) in [6.45, 7) is 6.23. The van der Waals surface area contributed by atoms with E-state index >= 15 is 0 Å². The van der Waals surface area contributed by atoms with Gasteiger partial charge in [-0.2, -0.15) is 0 Å². The van der Waals surface area contributed by atoms with Crippen LogP contribution >= 0.6 is 0 Å². The summed E-state index contributed by atoms with van der Waals surface area (Å²) in [6.07, 6.45) is 6.41. The molecule has 0 heterocycles. The maximum Gasteiger partial charge on any atom is 0.01000 e. The molecule has 1 heteroatoms. The van der Waals surface area contributed by atoms with Gasteiger partial charge in [-0.15, -0.1) is 0 Å². The third kappa shape index (κ3) is 5.38. The first-order valence-electron chi connectivity index (χ1n) is 5.49. The maximum atomic E-state index is 5.90. The number of allylic oxidation sites excluding steroid dienone is 1. The molecule has 0 saturated carbocycles. The topological polar surface area (TPSA) is 26.0 Å². The SMILES string of the molecule is Cc1ccc(/C=C/CCC(C)(C)N)cc1. The molecule has 2 N–H and O–H groups in total. The van der Waals surface area contributed by atoms with E-state index in [2.05, 4.69) is 57.2 Å². The molecule has 0 amide bonds. The summed E-state index contributed by atoms with van der Waals surface area (Å²) in [5, 5.41) is 0. The fourth-order valence-corrected chi connectivity index (χ4v) is 1.35. The van der Waals surface area contributed by atoms with Crippen molar-refractivity contribution in [2.24, 2.45) is 5.73 Å². The van der Waals surface area contributed by atoms with E-state index in [-0.39, 0.29) is 5.54 Å². The Morgan fingerprint density at radius 2 is 1.80 bits per heavy atom. The highest BCUT2D eigenvalue weighted by Crippen LogP contribution is 2.10. The summed E-state index contributed by atoms with van der Waals surface area (Å²) >= 11 is 0. The second-order valence-corrected chi connectivity index (χ2v) is 4.84. The molecular weight excluding hydrogens is 182 g/mol. The predicted octanol–water partition coefficient (Wildman–Crippen LogP) is 3.53. The third-order valence-electron chi connectivity index (χ3n) is 2.34. The molecule has 1 aromatic rings. The molecule has 0 atom stereocenters. The van der Waals surface area contributed by atoms with Gasteiger partial charge in [0.05, 0.1) is 0 Å². The van der Waals surface area contributed by atoms with Crippen LogP contribution in [0.25, 0.3) is 6.08 Å². The maximum absolute atomic E-state index is 5.90. The molecule has 0 spiro atoms. The second-order valence-electron chi connectivity index (χ2n) is 4.84. The van der Waals surface area contributed by atoms with Crippen molar-refractivity contribution in [2.45, 2.75) is 39.2 Å². The van der Waals surface area contributed by atoms with Gasteiger partial charge in [-0.05, 0) is 39.2 Å². The molecule has 0 radical (unpaired) electrons. The molecule has 0 fully saturated rings. The minimum Gasteiger partial charge on any atom is -0.326 e. The summed E-state index contributed by atoms with van der Waals surface area (Å²) in [6, 6.07) is 8.54. The molecule has 1 aromatic carbocycles. The van der Waals surface area contributed by atoms with E-state index in [4.69, 9.17) is 5.73 Å². The lowest BCUT2D eigenvalue weighted by Crippen LogP contribution is -2.31. The van der Waals surface area contributed by atoms with Crippen LogP contribution in [-0.4, -0.2) is 5.54 Å². The average Bonchev–Trinajstić information content (AvgIpc) is 2.14. The van der Waals surface area contributed by atoms with Gasteiger partial charge in [0.1, 0.15) is 0 Å². The normalized spacial score (nSPS) is 12.3. The van der Waals surface area contributed by atoms with Crippen LogP contribution in [0.2, 0.25) is 0 Å². The van der Waals surface area contributed by atoms with E-state index in [0.717, 1.165) is 12.8 Å². The Hall–Kier alpha value is -1.08. The predicted molar refractivity (Wildman–Crippen MR) is 67.7 cm³/mol. The molecule has 0 bridgehead atoms. The summed E-state index contributed by atoms with van der Waals surface area (Å²) in [4.78, 5) is 0. The number of aryl methyl sites for hydroxylation is 1. The number of hydrogen-bond donors (Lipinski definition) is 1. The highest BCUT2D eigenvalue weighted by atomic mass is 14.7. The zero-order valence-electron chi connectivity index (χ0n) is 9.96. The van der Waals surface area contributed by atoms with E-state index in [0.29, 0.717) is 0 Å². The molecule has 0 aliphatic heterocycles. The van der Waals surface area contributed by atoms with Crippen molar-refractivity contribution >= 4 is 6.08 Å². The molecule has 82 valence electrons. The van der Waals surface area contributed by atoms with Crippen LogP contribution in [0.3, 0.4) is 0 Å². The summed E-state index contributed by atoms with van der Waals surface area (Å²) in [5.41, 5.74) is 8.40. The van der Waals surface area contributed by atoms with Crippen molar-refractivity contribution in [3.8, 4) is 0 Å². The molecule has 0 aliphatic carbocycles. The van der Waals surface area contributed by atoms with Crippen LogP contribution in [-0.2, 0) is 0 Å². The zero-order chi connectivity index (χ0) is 11.3. The van der Waals surface area contributed by atoms with E-state index in [9.17, 15) is 0 Å². The largest absolute Gasteiger partial charge is 0.326 e. The first-order valence-corrected chi connectivity index (χ1v) is 5.49. The van der Waals surface area contributed by atoms with Crippen molar-refractivity contribution in [3.63, 3.8) is 0 Å². The van der Waals surface area contributed by atoms with Gasteiger partial charge in [0.15, 0.2) is 0 Å². The van der Waals surface area contributed by atoms with E-state index < -0.39 is 0 Å². The Morgan fingerprint density at radius 1 is 1.20 bits per heavy atom. The Labute approximate surface area is 93.0 Å². The van der Waals surface area contributed by atoms with Crippen LogP contribution in [0.1, 0.15) is 37.8 Å². The highest BCUT2D eigenvalue weighted by Gasteiger charge is 2.07. The first kappa shape index (κ1) is 12.0. The van der Waals surface area contributed by atoms with Gasteiger partial charge in [-0.3, -0.25) is 0 Å². The van der Waals surface area contributed by atoms with Gasteiger partial charge in [-0.1, -0.05) is 42.0 Å². The van der Waals surface area contributed by atoms with E-state index in [1.54, 1.807) is 0 Å². The molecule has 0 unspecified atom stereocenters. The molecule has 0 aliphatic rings. The lowest BCUT2D eigenvalue weighted by atomic mass is 10.00. The molecule has 0 saturated heterocycles. The standard InChI is InChI=1S/C14H21N/c1-12-7-9-13(10-8-12)6-4-5-11-14(2,3)15/h4,6-10H,5,11,15H2,1-3H3/b6-4+.